The molecule has 5 nitrogen and oxygen atoms in total. The van der Waals surface area contributed by atoms with E-state index in [9.17, 15) is 9.59 Å². The van der Waals surface area contributed by atoms with Crippen molar-refractivity contribution in [3.05, 3.63) is 36.0 Å². The average Bonchev–Trinajstić information content (AvgIpc) is 3.12. The highest BCUT2D eigenvalue weighted by molar-refractivity contribution is 6.05. The lowest BCUT2D eigenvalue weighted by Gasteiger charge is -2.15. The highest BCUT2D eigenvalue weighted by Crippen LogP contribution is 2.32. The van der Waals surface area contributed by atoms with Crippen molar-refractivity contribution in [3.63, 3.8) is 0 Å². The molecule has 1 aliphatic heterocycles. The third-order valence-corrected chi connectivity index (χ3v) is 4.61. The standard InChI is InChI=1S/C17H19N3O2/c21-15-8-11(10-20(15)13-4-5-13)9-19-17(22)14-3-1-2-12-6-7-18-16(12)14/h1-3,6-7,11,13,18H,4-5,8-10H2,(H,19,22)/t11-/m0/s1. The molecule has 1 aromatic carbocycles. The summed E-state index contributed by atoms with van der Waals surface area (Å²) in [6.45, 7) is 1.35. The van der Waals surface area contributed by atoms with Gasteiger partial charge >= 0.3 is 0 Å². The molecule has 0 bridgehead atoms. The quantitative estimate of drug-likeness (QED) is 0.905. The Morgan fingerprint density at radius 1 is 1.32 bits per heavy atom. The van der Waals surface area contributed by atoms with Gasteiger partial charge in [0.15, 0.2) is 0 Å². The second-order valence-electron chi connectivity index (χ2n) is 6.30. The van der Waals surface area contributed by atoms with Crippen LogP contribution < -0.4 is 5.32 Å². The zero-order valence-electron chi connectivity index (χ0n) is 12.3. The molecule has 0 radical (unpaired) electrons. The van der Waals surface area contributed by atoms with Gasteiger partial charge in [0, 0.05) is 43.1 Å². The van der Waals surface area contributed by atoms with Crippen LogP contribution in [0.2, 0.25) is 0 Å². The summed E-state index contributed by atoms with van der Waals surface area (Å²) in [7, 11) is 0. The fourth-order valence-electron chi connectivity index (χ4n) is 3.29. The normalized spacial score (nSPS) is 21.5. The first kappa shape index (κ1) is 13.4. The van der Waals surface area contributed by atoms with Crippen molar-refractivity contribution in [2.75, 3.05) is 13.1 Å². The molecule has 4 rings (SSSR count). The van der Waals surface area contributed by atoms with Gasteiger partial charge in [0.1, 0.15) is 0 Å². The maximum Gasteiger partial charge on any atom is 0.253 e. The van der Waals surface area contributed by atoms with Crippen molar-refractivity contribution in [1.82, 2.24) is 15.2 Å². The smallest absolute Gasteiger partial charge is 0.253 e. The number of carbonyl (C=O) groups is 2. The van der Waals surface area contributed by atoms with Crippen molar-refractivity contribution in [2.45, 2.75) is 25.3 Å². The van der Waals surface area contributed by atoms with Crippen LogP contribution >= 0.6 is 0 Å². The number of aromatic amines is 1. The van der Waals surface area contributed by atoms with Crippen molar-refractivity contribution >= 4 is 22.7 Å². The molecule has 2 heterocycles. The Hall–Kier alpha value is -2.30. The van der Waals surface area contributed by atoms with E-state index >= 15 is 0 Å². The fraction of sp³-hybridized carbons (Fsp3) is 0.412. The number of nitrogens with zero attached hydrogens (tertiary/aromatic N) is 1. The second kappa shape index (κ2) is 5.16. The number of para-hydroxylation sites is 1. The fourth-order valence-corrected chi connectivity index (χ4v) is 3.29. The van der Waals surface area contributed by atoms with Gasteiger partial charge in [0.05, 0.1) is 11.1 Å². The lowest BCUT2D eigenvalue weighted by Crippen LogP contribution is -2.32. The maximum atomic E-state index is 12.4. The van der Waals surface area contributed by atoms with Gasteiger partial charge in [0.2, 0.25) is 5.91 Å². The summed E-state index contributed by atoms with van der Waals surface area (Å²) in [4.78, 5) is 29.4. The molecular weight excluding hydrogens is 278 g/mol. The van der Waals surface area contributed by atoms with E-state index in [0.29, 0.717) is 24.6 Å². The summed E-state index contributed by atoms with van der Waals surface area (Å²) >= 11 is 0. The van der Waals surface area contributed by atoms with E-state index in [4.69, 9.17) is 0 Å². The number of likely N-dealkylation sites (tertiary alicyclic amines) is 1. The monoisotopic (exact) mass is 297 g/mol. The van der Waals surface area contributed by atoms with E-state index in [-0.39, 0.29) is 17.7 Å². The van der Waals surface area contributed by atoms with Crippen molar-refractivity contribution in [2.24, 2.45) is 5.92 Å². The van der Waals surface area contributed by atoms with Crippen LogP contribution in [-0.4, -0.2) is 40.8 Å². The number of fused-ring (bicyclic) bond motifs is 1. The number of H-pyrrole nitrogens is 1. The number of amides is 2. The number of rotatable bonds is 4. The van der Waals surface area contributed by atoms with Crippen LogP contribution in [0, 0.1) is 5.92 Å². The molecule has 2 fully saturated rings. The molecular formula is C17H19N3O2. The molecule has 2 aliphatic rings. The largest absolute Gasteiger partial charge is 0.361 e. The summed E-state index contributed by atoms with van der Waals surface area (Å²) in [5.41, 5.74) is 1.52. The van der Waals surface area contributed by atoms with E-state index < -0.39 is 0 Å². The van der Waals surface area contributed by atoms with Gasteiger partial charge in [0.25, 0.3) is 5.91 Å². The number of hydrogen-bond donors (Lipinski definition) is 2. The third kappa shape index (κ3) is 2.36. The zero-order valence-corrected chi connectivity index (χ0v) is 12.3. The lowest BCUT2D eigenvalue weighted by molar-refractivity contribution is -0.128. The number of carbonyl (C=O) groups excluding carboxylic acids is 2. The Bertz CT molecular complexity index is 732. The van der Waals surface area contributed by atoms with Crippen LogP contribution in [0.3, 0.4) is 0 Å². The number of nitrogens with one attached hydrogen (secondary N) is 2. The first-order chi connectivity index (χ1) is 10.7. The summed E-state index contributed by atoms with van der Waals surface area (Å²) in [5.74, 6) is 0.401. The van der Waals surface area contributed by atoms with Crippen LogP contribution in [0.25, 0.3) is 10.9 Å². The minimum absolute atomic E-state index is 0.0784. The number of benzene rings is 1. The van der Waals surface area contributed by atoms with Gasteiger partial charge in [-0.15, -0.1) is 0 Å². The Balaban J connectivity index is 1.40. The van der Waals surface area contributed by atoms with Crippen LogP contribution in [0.1, 0.15) is 29.6 Å². The molecule has 114 valence electrons. The molecule has 2 N–H and O–H groups in total. The van der Waals surface area contributed by atoms with E-state index in [1.165, 1.54) is 0 Å². The molecule has 1 saturated carbocycles. The Kier molecular flexibility index (Phi) is 3.13. The lowest BCUT2D eigenvalue weighted by atomic mass is 10.1. The first-order valence-electron chi connectivity index (χ1n) is 7.86. The van der Waals surface area contributed by atoms with E-state index in [1.807, 2.05) is 35.4 Å². The Morgan fingerprint density at radius 2 is 2.18 bits per heavy atom. The highest BCUT2D eigenvalue weighted by atomic mass is 16.2. The maximum absolute atomic E-state index is 12.4. The SMILES string of the molecule is O=C(NC[C@@H]1CC(=O)N(C2CC2)C1)c1cccc2cc[nH]c12. The minimum Gasteiger partial charge on any atom is -0.361 e. The molecule has 0 spiro atoms. The molecule has 1 saturated heterocycles. The van der Waals surface area contributed by atoms with Crippen LogP contribution in [0.5, 0.6) is 0 Å². The molecule has 1 aromatic heterocycles. The molecule has 0 unspecified atom stereocenters. The molecule has 1 aliphatic carbocycles. The second-order valence-corrected chi connectivity index (χ2v) is 6.30. The topological polar surface area (TPSA) is 65.2 Å². The van der Waals surface area contributed by atoms with E-state index in [0.717, 1.165) is 30.3 Å². The van der Waals surface area contributed by atoms with Crippen LogP contribution in [0.4, 0.5) is 0 Å². The van der Waals surface area contributed by atoms with Gasteiger partial charge in [-0.05, 0) is 25.0 Å². The average molecular weight is 297 g/mol. The van der Waals surface area contributed by atoms with Crippen molar-refractivity contribution in [3.8, 4) is 0 Å². The highest BCUT2D eigenvalue weighted by Gasteiger charge is 2.39. The van der Waals surface area contributed by atoms with Gasteiger partial charge in [-0.2, -0.15) is 0 Å². The molecule has 5 heteroatoms. The van der Waals surface area contributed by atoms with E-state index in [2.05, 4.69) is 10.3 Å². The third-order valence-electron chi connectivity index (χ3n) is 4.61. The van der Waals surface area contributed by atoms with Crippen LogP contribution in [-0.2, 0) is 4.79 Å². The van der Waals surface area contributed by atoms with E-state index in [1.54, 1.807) is 0 Å². The molecule has 22 heavy (non-hydrogen) atoms. The van der Waals surface area contributed by atoms with Crippen molar-refractivity contribution < 1.29 is 9.59 Å². The first-order valence-corrected chi connectivity index (χ1v) is 7.86. The van der Waals surface area contributed by atoms with Gasteiger partial charge < -0.3 is 15.2 Å². The number of hydrogen-bond acceptors (Lipinski definition) is 2. The van der Waals surface area contributed by atoms with Crippen molar-refractivity contribution in [1.29, 1.82) is 0 Å². The Morgan fingerprint density at radius 3 is 3.00 bits per heavy atom. The Labute approximate surface area is 128 Å². The summed E-state index contributed by atoms with van der Waals surface area (Å²) in [5, 5.41) is 4.02. The summed E-state index contributed by atoms with van der Waals surface area (Å²) in [6.07, 6.45) is 4.67. The molecule has 1 atom stereocenters. The number of aromatic nitrogens is 1. The van der Waals surface area contributed by atoms with Gasteiger partial charge in [-0.1, -0.05) is 12.1 Å². The minimum atomic E-state index is -0.0784. The summed E-state index contributed by atoms with van der Waals surface area (Å²) in [6, 6.07) is 8.12. The van der Waals surface area contributed by atoms with Crippen LogP contribution in [0.15, 0.2) is 30.5 Å². The predicted molar refractivity (Wildman–Crippen MR) is 83.5 cm³/mol. The molecule has 2 aromatic rings. The van der Waals surface area contributed by atoms with Gasteiger partial charge in [-0.3, -0.25) is 9.59 Å². The summed E-state index contributed by atoms with van der Waals surface area (Å²) < 4.78 is 0. The van der Waals surface area contributed by atoms with Gasteiger partial charge in [-0.25, -0.2) is 0 Å². The predicted octanol–water partition coefficient (Wildman–Crippen LogP) is 1.91. The zero-order chi connectivity index (χ0) is 15.1. The molecule has 2 amide bonds.